The second-order valence-corrected chi connectivity index (χ2v) is 8.09. The summed E-state index contributed by atoms with van der Waals surface area (Å²) in [7, 11) is 5.13. The summed E-state index contributed by atoms with van der Waals surface area (Å²) in [4.78, 5) is 30.4. The number of rotatable bonds is 7. The quantitative estimate of drug-likeness (QED) is 0.574. The molecule has 9 heteroatoms. The Labute approximate surface area is 198 Å². The number of likely N-dealkylation sites (N-methyl/N-ethyl adjacent to an activating group) is 1. The van der Waals surface area contributed by atoms with Gasteiger partial charge in [-0.1, -0.05) is 35.5 Å². The van der Waals surface area contributed by atoms with Crippen molar-refractivity contribution in [1.82, 2.24) is 20.3 Å². The average molecular weight is 465 g/mol. The molecule has 1 atom stereocenters. The minimum Gasteiger partial charge on any atom is -0.497 e. The molecule has 34 heavy (non-hydrogen) atoms. The van der Waals surface area contributed by atoms with Gasteiger partial charge in [-0.05, 0) is 30.8 Å². The molecule has 0 spiro atoms. The molecule has 1 fully saturated rings. The van der Waals surface area contributed by atoms with Gasteiger partial charge in [-0.2, -0.15) is 0 Å². The van der Waals surface area contributed by atoms with Gasteiger partial charge in [0.05, 0.1) is 19.8 Å². The molecule has 0 aliphatic carbocycles. The lowest BCUT2D eigenvalue weighted by Crippen LogP contribution is -2.51. The first-order valence-corrected chi connectivity index (χ1v) is 11.0. The Kier molecular flexibility index (Phi) is 7.12. The van der Waals surface area contributed by atoms with Crippen molar-refractivity contribution in [3.63, 3.8) is 0 Å². The van der Waals surface area contributed by atoms with Crippen LogP contribution in [-0.4, -0.2) is 74.2 Å². The number of carbonyl (C=O) groups is 2. The summed E-state index contributed by atoms with van der Waals surface area (Å²) in [6.07, 6.45) is 0. The van der Waals surface area contributed by atoms with Gasteiger partial charge >= 0.3 is 0 Å². The minimum atomic E-state index is -0.830. The second kappa shape index (κ2) is 10.4. The first kappa shape index (κ1) is 23.3. The van der Waals surface area contributed by atoms with Gasteiger partial charge in [0, 0.05) is 32.2 Å². The van der Waals surface area contributed by atoms with Gasteiger partial charge in [-0.3, -0.25) is 9.59 Å². The number of hydrogen-bond donors (Lipinski definition) is 1. The summed E-state index contributed by atoms with van der Waals surface area (Å²) in [5.74, 6) is 0.859. The van der Waals surface area contributed by atoms with Crippen molar-refractivity contribution >= 4 is 11.8 Å². The molecule has 2 amide bonds. The van der Waals surface area contributed by atoms with E-state index in [0.29, 0.717) is 41.5 Å². The molecule has 9 nitrogen and oxygen atoms in total. The number of nitrogens with zero attached hydrogens (tertiary/aromatic N) is 3. The fourth-order valence-corrected chi connectivity index (χ4v) is 3.86. The van der Waals surface area contributed by atoms with Crippen molar-refractivity contribution in [1.29, 1.82) is 0 Å². The van der Waals surface area contributed by atoms with Crippen molar-refractivity contribution in [3.8, 4) is 22.8 Å². The summed E-state index contributed by atoms with van der Waals surface area (Å²) in [5.41, 5.74) is 1.37. The summed E-state index contributed by atoms with van der Waals surface area (Å²) in [5, 5.41) is 6.79. The maximum atomic E-state index is 13.4. The lowest BCUT2D eigenvalue weighted by molar-refractivity contribution is -0.135. The normalized spacial score (nSPS) is 15.0. The summed E-state index contributed by atoms with van der Waals surface area (Å²) in [6, 6.07) is 15.2. The highest BCUT2D eigenvalue weighted by molar-refractivity contribution is 5.97. The van der Waals surface area contributed by atoms with Crippen molar-refractivity contribution in [2.24, 2.45) is 0 Å². The summed E-state index contributed by atoms with van der Waals surface area (Å²) < 4.78 is 16.1. The molecule has 0 radical (unpaired) electrons. The van der Waals surface area contributed by atoms with Crippen LogP contribution in [0.2, 0.25) is 0 Å². The lowest BCUT2D eigenvalue weighted by atomic mass is 10.0. The Morgan fingerprint density at radius 2 is 1.74 bits per heavy atom. The molecule has 3 aromatic rings. The van der Waals surface area contributed by atoms with E-state index in [1.807, 2.05) is 37.4 Å². The third-order valence-corrected chi connectivity index (χ3v) is 5.89. The molecule has 1 aliphatic heterocycles. The van der Waals surface area contributed by atoms with E-state index < -0.39 is 11.9 Å². The number of hydrogen-bond acceptors (Lipinski definition) is 7. The molecule has 1 aliphatic rings. The molecular formula is C25H28N4O5. The van der Waals surface area contributed by atoms with E-state index >= 15 is 0 Å². The van der Waals surface area contributed by atoms with Crippen LogP contribution < -0.4 is 14.8 Å². The highest BCUT2D eigenvalue weighted by Crippen LogP contribution is 2.33. The van der Waals surface area contributed by atoms with Crippen LogP contribution in [0.3, 0.4) is 0 Å². The molecular weight excluding hydrogens is 436 g/mol. The van der Waals surface area contributed by atoms with E-state index in [2.05, 4.69) is 15.4 Å². The molecule has 0 saturated carbocycles. The van der Waals surface area contributed by atoms with E-state index in [4.69, 9.17) is 14.0 Å². The standard InChI is InChI=1S/C25H28N4O5/c1-28-11-13-29(14-12-28)25(31)23(17-7-5-4-6-8-17)26-24(30)20-16-22(34-27-20)19-15-18(32-2)9-10-21(19)33-3/h4-10,15-16,23H,11-14H2,1-3H3,(H,26,30). The molecule has 1 N–H and O–H groups in total. The van der Waals surface area contributed by atoms with Crippen molar-refractivity contribution in [3.05, 3.63) is 65.9 Å². The Bertz CT molecular complexity index is 1140. The fraction of sp³-hybridized carbons (Fsp3) is 0.320. The van der Waals surface area contributed by atoms with Gasteiger partial charge in [0.15, 0.2) is 11.5 Å². The Morgan fingerprint density at radius 3 is 2.41 bits per heavy atom. The largest absolute Gasteiger partial charge is 0.497 e. The topological polar surface area (TPSA) is 97.1 Å². The third-order valence-electron chi connectivity index (χ3n) is 5.89. The zero-order valence-electron chi connectivity index (χ0n) is 19.5. The Balaban J connectivity index is 1.57. The Morgan fingerprint density at radius 1 is 1.00 bits per heavy atom. The van der Waals surface area contributed by atoms with Crippen LogP contribution in [0.5, 0.6) is 11.5 Å². The molecule has 2 aromatic carbocycles. The van der Waals surface area contributed by atoms with Crippen LogP contribution in [0.15, 0.2) is 59.1 Å². The minimum absolute atomic E-state index is 0.0620. The number of benzene rings is 2. The number of nitrogens with one attached hydrogen (secondary N) is 1. The fourth-order valence-electron chi connectivity index (χ4n) is 3.86. The van der Waals surface area contributed by atoms with Crippen molar-refractivity contribution in [2.75, 3.05) is 47.4 Å². The van der Waals surface area contributed by atoms with E-state index in [1.165, 1.54) is 6.07 Å². The van der Waals surface area contributed by atoms with Crippen LogP contribution in [0.1, 0.15) is 22.1 Å². The number of piperazine rings is 1. The zero-order chi connectivity index (χ0) is 24.1. The maximum Gasteiger partial charge on any atom is 0.274 e. The van der Waals surface area contributed by atoms with Gasteiger partial charge in [-0.25, -0.2) is 0 Å². The van der Waals surface area contributed by atoms with E-state index in [9.17, 15) is 9.59 Å². The van der Waals surface area contributed by atoms with Crippen LogP contribution >= 0.6 is 0 Å². The average Bonchev–Trinajstić information content (AvgIpc) is 3.38. The number of aromatic nitrogens is 1. The van der Waals surface area contributed by atoms with Crippen molar-refractivity contribution in [2.45, 2.75) is 6.04 Å². The number of amides is 2. The van der Waals surface area contributed by atoms with Gasteiger partial charge < -0.3 is 29.1 Å². The number of carbonyl (C=O) groups excluding carboxylic acids is 2. The van der Waals surface area contributed by atoms with Crippen LogP contribution in [0, 0.1) is 0 Å². The van der Waals surface area contributed by atoms with Gasteiger partial charge in [0.2, 0.25) is 5.91 Å². The zero-order valence-corrected chi connectivity index (χ0v) is 19.5. The molecule has 0 bridgehead atoms. The first-order chi connectivity index (χ1) is 16.5. The molecule has 2 heterocycles. The van der Waals surface area contributed by atoms with Crippen LogP contribution in [0.4, 0.5) is 0 Å². The van der Waals surface area contributed by atoms with E-state index in [-0.39, 0.29) is 11.6 Å². The molecule has 178 valence electrons. The number of ether oxygens (including phenoxy) is 2. The van der Waals surface area contributed by atoms with Gasteiger partial charge in [0.1, 0.15) is 17.5 Å². The molecule has 1 aromatic heterocycles. The van der Waals surface area contributed by atoms with Gasteiger partial charge in [-0.15, -0.1) is 0 Å². The highest BCUT2D eigenvalue weighted by Gasteiger charge is 2.30. The summed E-state index contributed by atoms with van der Waals surface area (Å²) >= 11 is 0. The molecule has 1 saturated heterocycles. The molecule has 1 unspecified atom stereocenters. The summed E-state index contributed by atoms with van der Waals surface area (Å²) in [6.45, 7) is 2.79. The Hall–Kier alpha value is -3.85. The molecule has 4 rings (SSSR count). The predicted molar refractivity (Wildman–Crippen MR) is 126 cm³/mol. The maximum absolute atomic E-state index is 13.4. The van der Waals surface area contributed by atoms with Crippen LogP contribution in [-0.2, 0) is 4.79 Å². The van der Waals surface area contributed by atoms with E-state index in [1.54, 1.807) is 37.3 Å². The SMILES string of the molecule is COc1ccc(OC)c(-c2cc(C(=O)NC(C(=O)N3CCN(C)CC3)c3ccccc3)no2)c1. The van der Waals surface area contributed by atoms with Gasteiger partial charge in [0.25, 0.3) is 5.91 Å². The smallest absolute Gasteiger partial charge is 0.274 e. The number of methoxy groups -OCH3 is 2. The third kappa shape index (κ3) is 5.04. The monoisotopic (exact) mass is 464 g/mol. The van der Waals surface area contributed by atoms with E-state index in [0.717, 1.165) is 13.1 Å². The second-order valence-electron chi connectivity index (χ2n) is 8.09. The van der Waals surface area contributed by atoms with Crippen molar-refractivity contribution < 1.29 is 23.6 Å². The van der Waals surface area contributed by atoms with Crippen LogP contribution in [0.25, 0.3) is 11.3 Å². The first-order valence-electron chi connectivity index (χ1n) is 11.0. The lowest BCUT2D eigenvalue weighted by Gasteiger charge is -2.34. The predicted octanol–water partition coefficient (Wildman–Crippen LogP) is 2.60. The highest BCUT2D eigenvalue weighted by atomic mass is 16.5.